The summed E-state index contributed by atoms with van der Waals surface area (Å²) in [5.41, 5.74) is 0. The van der Waals surface area contributed by atoms with Gasteiger partial charge < -0.3 is 67.9 Å². The Morgan fingerprint density at radius 1 is 0.667 bits per heavy atom. The zero-order valence-electron chi connectivity index (χ0n) is 23.2. The van der Waals surface area contributed by atoms with E-state index in [1.165, 1.54) is 0 Å². The summed E-state index contributed by atoms with van der Waals surface area (Å²) < 4.78 is 97.1. The first-order valence-electron chi connectivity index (χ1n) is 12.2. The molecular weight excluding hydrogens is 750 g/mol. The van der Waals surface area contributed by atoms with Gasteiger partial charge in [0.2, 0.25) is 0 Å². The maximum atomic E-state index is 11.3. The van der Waals surface area contributed by atoms with Crippen molar-refractivity contribution in [3.63, 3.8) is 0 Å². The Hall–Kier alpha value is 0.660. The van der Waals surface area contributed by atoms with Crippen molar-refractivity contribution in [3.05, 3.63) is 0 Å². The molecule has 2 aliphatic rings. The van der Waals surface area contributed by atoms with E-state index < -0.39 is 84.6 Å². The summed E-state index contributed by atoms with van der Waals surface area (Å²) in [5.74, 6) is -0.259. The third-order valence-electron chi connectivity index (χ3n) is 5.64. The average molecular weight is 780 g/mol. The second-order valence-corrected chi connectivity index (χ2v) is 17.7. The van der Waals surface area contributed by atoms with Gasteiger partial charge in [0.25, 0.3) is 46.9 Å². The monoisotopic (exact) mass is 780 g/mol. The summed E-state index contributed by atoms with van der Waals surface area (Å²) in [4.78, 5) is 81.4. The van der Waals surface area contributed by atoms with Crippen LogP contribution in [-0.2, 0) is 63.2 Å². The van der Waals surface area contributed by atoms with Crippen molar-refractivity contribution in [1.82, 2.24) is 0 Å². The molecule has 30 heteroatoms. The Morgan fingerprint density at radius 3 is 1.42 bits per heavy atom. The predicted octanol–water partition coefficient (Wildman–Crippen LogP) is -3.03. The highest BCUT2D eigenvalue weighted by Gasteiger charge is 2.41. The number of aliphatic hydroxyl groups is 2. The quantitative estimate of drug-likeness (QED) is 0.113. The average Bonchev–Trinajstić information content (AvgIpc) is 3.29. The van der Waals surface area contributed by atoms with Crippen LogP contribution in [-0.4, -0.2) is 69.8 Å². The van der Waals surface area contributed by atoms with Gasteiger partial charge in [0.05, 0.1) is 37.6 Å². The molecule has 270 valence electrons. The molecule has 2 rings (SSSR count). The SMILES string of the molecule is CCC1C(C)OC(COP(=O)([O-])OP(=O)([O-])OP(=O)([O-])O)C1O.CCC1CC(O)C(COP(=O)([O-])OP(=O)([O-])OP(=O)([O-])O)O1. The van der Waals surface area contributed by atoms with Gasteiger partial charge in [0.15, 0.2) is 0 Å². The number of hydrogen-bond donors (Lipinski definition) is 4. The van der Waals surface area contributed by atoms with Crippen LogP contribution in [0, 0.1) is 5.92 Å². The molecule has 2 heterocycles. The number of phosphoric ester groups is 2. The minimum Gasteiger partial charge on any atom is -0.756 e. The van der Waals surface area contributed by atoms with Crippen LogP contribution in [0.15, 0.2) is 0 Å². The van der Waals surface area contributed by atoms with E-state index in [2.05, 4.69) is 26.3 Å². The van der Waals surface area contributed by atoms with E-state index in [1.807, 2.05) is 0 Å². The molecule has 2 fully saturated rings. The van der Waals surface area contributed by atoms with E-state index in [1.54, 1.807) is 20.8 Å². The molecule has 0 bridgehead atoms. The van der Waals surface area contributed by atoms with Crippen LogP contribution in [0.5, 0.6) is 0 Å². The van der Waals surface area contributed by atoms with E-state index in [0.717, 1.165) is 0 Å². The lowest BCUT2D eigenvalue weighted by atomic mass is 9.95. The maximum absolute atomic E-state index is 11.3. The van der Waals surface area contributed by atoms with Gasteiger partial charge in [-0.1, -0.05) is 13.8 Å². The summed E-state index contributed by atoms with van der Waals surface area (Å²) in [6.07, 6.45) is -3.41. The van der Waals surface area contributed by atoms with Crippen LogP contribution in [0.2, 0.25) is 0 Å². The third-order valence-corrected chi connectivity index (χ3v) is 13.0. The van der Waals surface area contributed by atoms with Crippen molar-refractivity contribution in [3.8, 4) is 0 Å². The van der Waals surface area contributed by atoms with Gasteiger partial charge >= 0.3 is 0 Å². The molecule has 0 aromatic rings. The zero-order valence-corrected chi connectivity index (χ0v) is 28.6. The van der Waals surface area contributed by atoms with Crippen LogP contribution in [0.1, 0.15) is 40.0 Å². The van der Waals surface area contributed by atoms with Crippen molar-refractivity contribution >= 4 is 46.9 Å². The number of aliphatic hydroxyl groups excluding tert-OH is 2. The lowest BCUT2D eigenvalue weighted by molar-refractivity contribution is -0.254. The molecule has 0 aliphatic carbocycles. The Bertz CT molecular complexity index is 1250. The third kappa shape index (κ3) is 17.2. The van der Waals surface area contributed by atoms with E-state index in [9.17, 15) is 67.0 Å². The summed E-state index contributed by atoms with van der Waals surface area (Å²) in [6.45, 7) is 3.74. The Balaban J connectivity index is 0.000000450. The van der Waals surface area contributed by atoms with Crippen LogP contribution in [0.25, 0.3) is 0 Å². The van der Waals surface area contributed by atoms with Crippen LogP contribution < -0.4 is 29.4 Å². The summed E-state index contributed by atoms with van der Waals surface area (Å²) in [5, 5.41) is 19.5. The first-order chi connectivity index (χ1) is 20.1. The van der Waals surface area contributed by atoms with Gasteiger partial charge in [-0.2, -0.15) is 0 Å². The smallest absolute Gasteiger partial charge is 0.280 e. The fourth-order valence-electron chi connectivity index (χ4n) is 3.85. The zero-order chi connectivity index (χ0) is 35.2. The topological polar surface area (TPSA) is 396 Å². The highest BCUT2D eigenvalue weighted by Crippen LogP contribution is 2.62. The predicted molar refractivity (Wildman–Crippen MR) is 130 cm³/mol. The molecule has 2 aliphatic heterocycles. The normalized spacial score (nSPS) is 35.0. The maximum Gasteiger partial charge on any atom is 0.280 e. The van der Waals surface area contributed by atoms with Crippen LogP contribution in [0.3, 0.4) is 0 Å². The fourth-order valence-corrected chi connectivity index (χ4v) is 9.65. The minimum absolute atomic E-state index is 0.252. The van der Waals surface area contributed by atoms with E-state index in [4.69, 9.17) is 19.3 Å². The van der Waals surface area contributed by atoms with Crippen LogP contribution in [0.4, 0.5) is 0 Å². The molecule has 0 aromatic heterocycles. The van der Waals surface area contributed by atoms with E-state index >= 15 is 0 Å². The van der Waals surface area contributed by atoms with Gasteiger partial charge in [-0.25, -0.2) is 17.2 Å². The molecule has 0 saturated carbocycles. The lowest BCUT2D eigenvalue weighted by Crippen LogP contribution is -2.30. The highest BCUT2D eigenvalue weighted by atomic mass is 31.3. The number of rotatable bonds is 16. The van der Waals surface area contributed by atoms with Crippen molar-refractivity contribution in [1.29, 1.82) is 0 Å². The van der Waals surface area contributed by atoms with Crippen molar-refractivity contribution in [2.24, 2.45) is 5.92 Å². The van der Waals surface area contributed by atoms with Crippen molar-refractivity contribution in [2.45, 2.75) is 76.7 Å². The Kier molecular flexibility index (Phi) is 16.6. The second-order valence-electron chi connectivity index (χ2n) is 9.09. The van der Waals surface area contributed by atoms with Gasteiger partial charge in [-0.3, -0.25) is 27.4 Å². The van der Waals surface area contributed by atoms with Gasteiger partial charge in [0.1, 0.15) is 12.2 Å². The van der Waals surface area contributed by atoms with Crippen LogP contribution >= 0.6 is 46.9 Å². The fraction of sp³-hybridized carbons (Fsp3) is 1.00. The number of phosphoric acid groups is 6. The molecular formula is C15H30O24P6-6. The molecule has 4 N–H and O–H groups in total. The molecule has 13 unspecified atom stereocenters. The number of hydrogen-bond acceptors (Lipinski definition) is 22. The van der Waals surface area contributed by atoms with Crippen molar-refractivity contribution < 1.29 is 113 Å². The molecule has 2 saturated heterocycles. The Morgan fingerprint density at radius 2 is 1.09 bits per heavy atom. The highest BCUT2D eigenvalue weighted by molar-refractivity contribution is 7.65. The molecule has 0 spiro atoms. The molecule has 0 aromatic carbocycles. The summed E-state index contributed by atoms with van der Waals surface area (Å²) in [7, 11) is -34.4. The molecule has 0 amide bonds. The van der Waals surface area contributed by atoms with Crippen molar-refractivity contribution in [2.75, 3.05) is 13.2 Å². The molecule has 0 radical (unpaired) electrons. The van der Waals surface area contributed by atoms with E-state index in [0.29, 0.717) is 12.8 Å². The van der Waals surface area contributed by atoms with Gasteiger partial charge in [0, 0.05) is 12.3 Å². The standard InChI is InChI=1S/C8H19O12P3.C7H17O12P3/c1-3-6-5(2)18-7(8(6)9)4-17-22(13,14)20-23(15,16)19-21(10,11)12;1-2-5-3-6(8)7(17-5)4-16-21(12,13)19-22(14,15)18-20(9,10)11/h5-9H,3-4H2,1-2H3,(H,13,14)(H,15,16)(H2,10,11,12);5-8H,2-4H2,1H3,(H,12,13)(H,14,15)(H2,9,10,11)/p-6. The molecule has 45 heavy (non-hydrogen) atoms. The first kappa shape index (κ1) is 43.7. The summed E-state index contributed by atoms with van der Waals surface area (Å²) in [6, 6.07) is 0. The summed E-state index contributed by atoms with van der Waals surface area (Å²) >= 11 is 0. The largest absolute Gasteiger partial charge is 0.756 e. The Labute approximate surface area is 255 Å². The minimum atomic E-state index is -5.92. The molecule has 13 atom stereocenters. The van der Waals surface area contributed by atoms with Gasteiger partial charge in [-0.15, -0.1) is 0 Å². The lowest BCUT2D eigenvalue weighted by Gasteiger charge is -2.33. The van der Waals surface area contributed by atoms with Gasteiger partial charge in [-0.05, 0) is 19.8 Å². The second kappa shape index (κ2) is 17.1. The molecule has 24 nitrogen and oxygen atoms in total. The first-order valence-corrected chi connectivity index (χ1v) is 21.1. The van der Waals surface area contributed by atoms with E-state index in [-0.39, 0.29) is 24.5 Å². The number of ether oxygens (including phenoxy) is 2.